The van der Waals surface area contributed by atoms with Crippen LogP contribution in [-0.4, -0.2) is 52.2 Å². The third kappa shape index (κ3) is 4.76. The number of piperidine rings is 1. The summed E-state index contributed by atoms with van der Waals surface area (Å²) in [5, 5.41) is 16.2. The minimum absolute atomic E-state index is 0.00967. The molecule has 2 heterocycles. The number of nitrogens with one attached hydrogen (secondary N) is 1. The minimum atomic E-state index is -0.944. The van der Waals surface area contributed by atoms with Crippen LogP contribution >= 0.6 is 0 Å². The van der Waals surface area contributed by atoms with E-state index in [0.29, 0.717) is 19.0 Å². The average Bonchev–Trinajstić information content (AvgIpc) is 3.24. The summed E-state index contributed by atoms with van der Waals surface area (Å²) in [4.78, 5) is 26.8. The van der Waals surface area contributed by atoms with Gasteiger partial charge in [0, 0.05) is 37.3 Å². The number of carboxylic acids is 1. The second-order valence-corrected chi connectivity index (χ2v) is 8.30. The quantitative estimate of drug-likeness (QED) is 0.750. The highest BCUT2D eigenvalue weighted by atomic mass is 19.1. The first kappa shape index (κ1) is 21.4. The summed E-state index contributed by atoms with van der Waals surface area (Å²) in [7, 11) is 0. The molecule has 2 atom stereocenters. The predicted molar refractivity (Wildman–Crippen MR) is 107 cm³/mol. The van der Waals surface area contributed by atoms with Crippen LogP contribution in [0.2, 0.25) is 0 Å². The zero-order chi connectivity index (χ0) is 22.0. The minimum Gasteiger partial charge on any atom is -0.481 e. The molecular formula is C22H25F2N3O4. The number of carbonyl (C=O) groups is 2. The van der Waals surface area contributed by atoms with E-state index >= 15 is 0 Å². The maximum atomic E-state index is 14.0. The summed E-state index contributed by atoms with van der Waals surface area (Å²) < 4.78 is 32.1. The summed E-state index contributed by atoms with van der Waals surface area (Å²) >= 11 is 0. The van der Waals surface area contributed by atoms with E-state index in [4.69, 9.17) is 4.52 Å². The molecule has 1 aliphatic heterocycles. The van der Waals surface area contributed by atoms with Crippen molar-refractivity contribution >= 4 is 11.9 Å². The number of likely N-dealkylation sites (tertiary alicyclic amines) is 1. The molecule has 9 heteroatoms. The number of carbonyl (C=O) groups excluding carboxylic acids is 1. The zero-order valence-corrected chi connectivity index (χ0v) is 17.0. The number of rotatable bonds is 5. The lowest BCUT2D eigenvalue weighted by atomic mass is 9.87. The van der Waals surface area contributed by atoms with Crippen LogP contribution in [0.15, 0.2) is 28.8 Å². The molecule has 1 aliphatic carbocycles. The Balaban J connectivity index is 1.43. The molecule has 0 radical (unpaired) electrons. The molecular weight excluding hydrogens is 408 g/mol. The lowest BCUT2D eigenvalue weighted by Gasteiger charge is -2.42. The van der Waals surface area contributed by atoms with Crippen molar-refractivity contribution in [3.05, 3.63) is 41.6 Å². The summed E-state index contributed by atoms with van der Waals surface area (Å²) in [5.41, 5.74) is -0.102. The first-order valence-corrected chi connectivity index (χ1v) is 10.6. The van der Waals surface area contributed by atoms with Crippen molar-refractivity contribution in [3.8, 4) is 11.3 Å². The largest absolute Gasteiger partial charge is 0.481 e. The monoisotopic (exact) mass is 433 g/mol. The molecule has 2 aromatic rings. The fraction of sp³-hybridized carbons (Fsp3) is 0.500. The Hall–Kier alpha value is -2.81. The van der Waals surface area contributed by atoms with Crippen LogP contribution in [0.1, 0.15) is 49.0 Å². The van der Waals surface area contributed by atoms with Crippen molar-refractivity contribution in [1.29, 1.82) is 0 Å². The van der Waals surface area contributed by atoms with E-state index in [9.17, 15) is 23.5 Å². The Kier molecular flexibility index (Phi) is 6.31. The summed E-state index contributed by atoms with van der Waals surface area (Å²) in [6.45, 7) is 1.13. The van der Waals surface area contributed by atoms with E-state index in [1.807, 2.05) is 0 Å². The Morgan fingerprint density at radius 3 is 2.61 bits per heavy atom. The molecule has 2 N–H and O–H groups in total. The average molecular weight is 433 g/mol. The van der Waals surface area contributed by atoms with Gasteiger partial charge in [-0.1, -0.05) is 24.4 Å². The Morgan fingerprint density at radius 2 is 1.90 bits per heavy atom. The molecule has 2 aliphatic rings. The van der Waals surface area contributed by atoms with Gasteiger partial charge in [0.2, 0.25) is 0 Å². The molecule has 31 heavy (non-hydrogen) atoms. The lowest BCUT2D eigenvalue weighted by molar-refractivity contribution is -0.145. The van der Waals surface area contributed by atoms with Crippen LogP contribution in [0.25, 0.3) is 11.3 Å². The molecule has 0 spiro atoms. The SMILES string of the molecule is O=C(N[C@@H]1CCN(C2CCCCC2)C[C@H]1C(=O)O)c1cc(-c2ccc(F)cc2F)on1. The van der Waals surface area contributed by atoms with Gasteiger partial charge in [-0.25, -0.2) is 8.78 Å². The van der Waals surface area contributed by atoms with Crippen molar-refractivity contribution in [2.45, 2.75) is 50.6 Å². The molecule has 1 amide bonds. The smallest absolute Gasteiger partial charge is 0.309 e. The highest BCUT2D eigenvalue weighted by Crippen LogP contribution is 2.28. The molecule has 0 bridgehead atoms. The highest BCUT2D eigenvalue weighted by Gasteiger charge is 2.38. The van der Waals surface area contributed by atoms with Crippen LogP contribution in [0.5, 0.6) is 0 Å². The summed E-state index contributed by atoms with van der Waals surface area (Å²) in [5.74, 6) is -3.81. The fourth-order valence-corrected chi connectivity index (χ4v) is 4.62. The van der Waals surface area contributed by atoms with E-state index < -0.39 is 35.5 Å². The third-order valence-electron chi connectivity index (χ3n) is 6.31. The molecule has 1 aromatic carbocycles. The molecule has 1 aromatic heterocycles. The van der Waals surface area contributed by atoms with Gasteiger partial charge in [-0.2, -0.15) is 0 Å². The number of hydrogen-bond acceptors (Lipinski definition) is 5. The van der Waals surface area contributed by atoms with Crippen LogP contribution in [0.4, 0.5) is 8.78 Å². The summed E-state index contributed by atoms with van der Waals surface area (Å²) in [6.07, 6.45) is 6.27. The first-order chi connectivity index (χ1) is 14.9. The van der Waals surface area contributed by atoms with Crippen LogP contribution in [0.3, 0.4) is 0 Å². The predicted octanol–water partition coefficient (Wildman–Crippen LogP) is 3.46. The van der Waals surface area contributed by atoms with Crippen molar-refractivity contribution in [2.75, 3.05) is 13.1 Å². The van der Waals surface area contributed by atoms with Gasteiger partial charge in [0.25, 0.3) is 5.91 Å². The topological polar surface area (TPSA) is 95.7 Å². The van der Waals surface area contributed by atoms with E-state index in [1.165, 1.54) is 31.4 Å². The number of aromatic nitrogens is 1. The standard InChI is InChI=1S/C22H25F2N3O4/c23-13-6-7-15(17(24)10-13)20-11-19(26-31-20)21(28)25-18-8-9-27(12-16(18)22(29)30)14-4-2-1-3-5-14/h6-7,10-11,14,16,18H,1-5,8-9,12H2,(H,25,28)(H,29,30)/t16-,18-/m1/s1. The van der Waals surface area contributed by atoms with E-state index in [2.05, 4.69) is 15.4 Å². The van der Waals surface area contributed by atoms with Crippen molar-refractivity contribution in [3.63, 3.8) is 0 Å². The molecule has 1 saturated heterocycles. The normalized spacial score (nSPS) is 22.9. The maximum Gasteiger partial charge on any atom is 0.309 e. The number of carboxylic acid groups (broad SMARTS) is 1. The van der Waals surface area contributed by atoms with Gasteiger partial charge in [-0.3, -0.25) is 14.5 Å². The maximum absolute atomic E-state index is 14.0. The van der Waals surface area contributed by atoms with Crippen LogP contribution in [0, 0.1) is 17.6 Å². The van der Waals surface area contributed by atoms with Gasteiger partial charge in [0.15, 0.2) is 11.5 Å². The van der Waals surface area contributed by atoms with Gasteiger partial charge >= 0.3 is 5.97 Å². The molecule has 166 valence electrons. The number of hydrogen-bond donors (Lipinski definition) is 2. The highest BCUT2D eigenvalue weighted by molar-refractivity contribution is 5.93. The molecule has 4 rings (SSSR count). The number of benzene rings is 1. The molecule has 0 unspecified atom stereocenters. The second-order valence-electron chi connectivity index (χ2n) is 8.30. The van der Waals surface area contributed by atoms with Crippen molar-refractivity contribution in [2.24, 2.45) is 5.92 Å². The fourth-order valence-electron chi connectivity index (χ4n) is 4.62. The van der Waals surface area contributed by atoms with E-state index in [0.717, 1.165) is 31.5 Å². The van der Waals surface area contributed by atoms with Crippen LogP contribution in [-0.2, 0) is 4.79 Å². The van der Waals surface area contributed by atoms with E-state index in [-0.39, 0.29) is 17.0 Å². The number of halogens is 2. The van der Waals surface area contributed by atoms with Gasteiger partial charge in [-0.05, 0) is 31.4 Å². The Labute approximate surface area is 178 Å². The molecule has 7 nitrogen and oxygen atoms in total. The van der Waals surface area contributed by atoms with Crippen molar-refractivity contribution < 1.29 is 28.0 Å². The van der Waals surface area contributed by atoms with E-state index in [1.54, 1.807) is 0 Å². The van der Waals surface area contributed by atoms with Gasteiger partial charge in [0.1, 0.15) is 11.6 Å². The lowest BCUT2D eigenvalue weighted by Crippen LogP contribution is -2.56. The van der Waals surface area contributed by atoms with Crippen LogP contribution < -0.4 is 5.32 Å². The number of aliphatic carboxylic acids is 1. The number of nitrogens with zero attached hydrogens (tertiary/aromatic N) is 2. The first-order valence-electron chi connectivity index (χ1n) is 10.6. The zero-order valence-electron chi connectivity index (χ0n) is 17.0. The number of amides is 1. The third-order valence-corrected chi connectivity index (χ3v) is 6.31. The van der Waals surface area contributed by atoms with Crippen molar-refractivity contribution in [1.82, 2.24) is 15.4 Å². The van der Waals surface area contributed by atoms with Gasteiger partial charge < -0.3 is 14.9 Å². The Morgan fingerprint density at radius 1 is 1.13 bits per heavy atom. The second kappa shape index (κ2) is 9.13. The molecule has 1 saturated carbocycles. The van der Waals surface area contributed by atoms with Gasteiger partial charge in [0.05, 0.1) is 11.5 Å². The Bertz CT molecular complexity index is 958. The van der Waals surface area contributed by atoms with Gasteiger partial charge in [-0.15, -0.1) is 0 Å². The molecule has 2 fully saturated rings. The summed E-state index contributed by atoms with van der Waals surface area (Å²) in [6, 6.07) is 4.14.